The highest BCUT2D eigenvalue weighted by Crippen LogP contribution is 2.31. The number of rotatable bonds is 3. The number of nitrogens with two attached hydrogens (primary N) is 1. The second kappa shape index (κ2) is 5.10. The van der Waals surface area contributed by atoms with Gasteiger partial charge >= 0.3 is 0 Å². The number of methoxy groups -OCH3 is 2. The maximum atomic E-state index is 6.04. The minimum Gasteiger partial charge on any atom is -0.495 e. The fourth-order valence-electron chi connectivity index (χ4n) is 2.08. The molecule has 0 atom stereocenters. The van der Waals surface area contributed by atoms with Gasteiger partial charge in [0.2, 0.25) is 11.8 Å². The summed E-state index contributed by atoms with van der Waals surface area (Å²) >= 11 is 6.04. The van der Waals surface area contributed by atoms with Gasteiger partial charge in [-0.2, -0.15) is 4.98 Å². The lowest BCUT2D eigenvalue weighted by Gasteiger charge is -2.09. The van der Waals surface area contributed by atoms with E-state index in [0.717, 1.165) is 5.69 Å². The molecule has 2 aromatic heterocycles. The van der Waals surface area contributed by atoms with Crippen LogP contribution in [-0.2, 0) is 0 Å². The monoisotopic (exact) mass is 305 g/mol. The molecular weight excluding hydrogens is 294 g/mol. The molecule has 0 amide bonds. The highest BCUT2D eigenvalue weighted by molar-refractivity contribution is 6.32. The Morgan fingerprint density at radius 3 is 2.71 bits per heavy atom. The standard InChI is InChI=1S/C13H12ClN5O2/c1-20-9-5-7(3-4-8(9)14)19-11-10(18-13(19)15)12(21-2)17-6-16-11/h3-6H,1-2H3,(H2,15,18). The Bertz CT molecular complexity index is 818. The summed E-state index contributed by atoms with van der Waals surface area (Å²) in [7, 11) is 3.06. The van der Waals surface area contributed by atoms with E-state index in [9.17, 15) is 0 Å². The van der Waals surface area contributed by atoms with Crippen molar-refractivity contribution in [3.63, 3.8) is 0 Å². The molecule has 0 aliphatic carbocycles. The van der Waals surface area contributed by atoms with Crippen LogP contribution in [0.2, 0.25) is 5.02 Å². The Labute approximate surface area is 125 Å². The Balaban J connectivity index is 2.27. The van der Waals surface area contributed by atoms with Gasteiger partial charge in [-0.25, -0.2) is 9.97 Å². The molecule has 3 rings (SSSR count). The van der Waals surface area contributed by atoms with Crippen LogP contribution in [-0.4, -0.2) is 33.7 Å². The maximum Gasteiger partial charge on any atom is 0.245 e. The number of halogens is 1. The van der Waals surface area contributed by atoms with E-state index in [-0.39, 0.29) is 5.95 Å². The largest absolute Gasteiger partial charge is 0.495 e. The number of aromatic nitrogens is 4. The summed E-state index contributed by atoms with van der Waals surface area (Å²) in [4.78, 5) is 12.5. The molecule has 108 valence electrons. The van der Waals surface area contributed by atoms with E-state index in [2.05, 4.69) is 15.0 Å². The predicted octanol–water partition coefficient (Wildman–Crippen LogP) is 2.07. The number of anilines is 1. The summed E-state index contributed by atoms with van der Waals surface area (Å²) in [5.41, 5.74) is 7.76. The smallest absolute Gasteiger partial charge is 0.245 e. The Morgan fingerprint density at radius 2 is 2.00 bits per heavy atom. The zero-order valence-corrected chi connectivity index (χ0v) is 12.1. The molecule has 0 aliphatic rings. The normalized spacial score (nSPS) is 10.8. The predicted molar refractivity (Wildman–Crippen MR) is 79.2 cm³/mol. The fraction of sp³-hybridized carbons (Fsp3) is 0.154. The molecule has 7 nitrogen and oxygen atoms in total. The number of ether oxygens (including phenoxy) is 2. The molecular formula is C13H12ClN5O2. The van der Waals surface area contributed by atoms with Gasteiger partial charge in [0.15, 0.2) is 11.2 Å². The molecule has 8 heteroatoms. The highest BCUT2D eigenvalue weighted by Gasteiger charge is 2.16. The van der Waals surface area contributed by atoms with Gasteiger partial charge in [0.1, 0.15) is 12.1 Å². The molecule has 0 radical (unpaired) electrons. The summed E-state index contributed by atoms with van der Waals surface area (Å²) in [6.07, 6.45) is 1.39. The zero-order chi connectivity index (χ0) is 15.0. The number of nitrogens with zero attached hydrogens (tertiary/aromatic N) is 4. The number of benzene rings is 1. The first-order chi connectivity index (χ1) is 10.2. The molecule has 2 N–H and O–H groups in total. The van der Waals surface area contributed by atoms with E-state index in [4.69, 9.17) is 26.8 Å². The van der Waals surface area contributed by atoms with Gasteiger partial charge in [0, 0.05) is 6.07 Å². The third-order valence-corrected chi connectivity index (χ3v) is 3.34. The number of fused-ring (bicyclic) bond motifs is 1. The summed E-state index contributed by atoms with van der Waals surface area (Å²) in [6, 6.07) is 5.28. The van der Waals surface area contributed by atoms with Crippen molar-refractivity contribution in [2.24, 2.45) is 0 Å². The highest BCUT2D eigenvalue weighted by atomic mass is 35.5. The lowest BCUT2D eigenvalue weighted by molar-refractivity contribution is 0.401. The SMILES string of the molecule is COc1cc(-n2c(N)nc3c(OC)ncnc32)ccc1Cl. The van der Waals surface area contributed by atoms with E-state index in [0.29, 0.717) is 27.8 Å². The van der Waals surface area contributed by atoms with Gasteiger partial charge in [-0.05, 0) is 12.1 Å². The third kappa shape index (κ3) is 2.11. The number of hydrogen-bond acceptors (Lipinski definition) is 6. The second-order valence-electron chi connectivity index (χ2n) is 4.18. The molecule has 0 aliphatic heterocycles. The molecule has 2 heterocycles. The molecule has 1 aromatic carbocycles. The van der Waals surface area contributed by atoms with E-state index in [1.807, 2.05) is 0 Å². The first-order valence-electron chi connectivity index (χ1n) is 6.02. The van der Waals surface area contributed by atoms with Crippen LogP contribution in [0.4, 0.5) is 5.95 Å². The van der Waals surface area contributed by atoms with Crippen molar-refractivity contribution in [3.05, 3.63) is 29.5 Å². The quantitative estimate of drug-likeness (QED) is 0.797. The minimum absolute atomic E-state index is 0.271. The summed E-state index contributed by atoms with van der Waals surface area (Å²) in [5.74, 6) is 1.18. The Morgan fingerprint density at radius 1 is 1.19 bits per heavy atom. The van der Waals surface area contributed by atoms with Crippen molar-refractivity contribution >= 4 is 28.7 Å². The lowest BCUT2D eigenvalue weighted by atomic mass is 10.3. The van der Waals surface area contributed by atoms with Crippen molar-refractivity contribution in [1.82, 2.24) is 19.5 Å². The summed E-state index contributed by atoms with van der Waals surface area (Å²) in [5, 5.41) is 0.511. The van der Waals surface area contributed by atoms with Crippen LogP contribution in [0, 0.1) is 0 Å². The Hall–Kier alpha value is -2.54. The summed E-state index contributed by atoms with van der Waals surface area (Å²) < 4.78 is 12.1. The molecule has 0 saturated carbocycles. The van der Waals surface area contributed by atoms with Crippen LogP contribution in [0.25, 0.3) is 16.9 Å². The number of imidazole rings is 1. The van der Waals surface area contributed by atoms with Gasteiger partial charge < -0.3 is 15.2 Å². The van der Waals surface area contributed by atoms with E-state index in [1.165, 1.54) is 13.4 Å². The van der Waals surface area contributed by atoms with E-state index in [1.54, 1.807) is 29.9 Å². The van der Waals surface area contributed by atoms with Gasteiger partial charge in [-0.1, -0.05) is 11.6 Å². The van der Waals surface area contributed by atoms with Crippen LogP contribution in [0.15, 0.2) is 24.5 Å². The molecule has 21 heavy (non-hydrogen) atoms. The first-order valence-corrected chi connectivity index (χ1v) is 6.40. The van der Waals surface area contributed by atoms with Crippen molar-refractivity contribution in [3.8, 4) is 17.3 Å². The van der Waals surface area contributed by atoms with Gasteiger partial charge in [-0.3, -0.25) is 4.57 Å². The summed E-state index contributed by atoms with van der Waals surface area (Å²) in [6.45, 7) is 0. The van der Waals surface area contributed by atoms with Crippen LogP contribution >= 0.6 is 11.6 Å². The number of nitrogen functional groups attached to an aromatic ring is 1. The first kappa shape index (κ1) is 13.4. The fourth-order valence-corrected chi connectivity index (χ4v) is 2.27. The molecule has 0 fully saturated rings. The topological polar surface area (TPSA) is 88.1 Å². The molecule has 0 unspecified atom stereocenters. The van der Waals surface area contributed by atoms with Gasteiger partial charge in [-0.15, -0.1) is 0 Å². The molecule has 0 saturated heterocycles. The average molecular weight is 306 g/mol. The number of hydrogen-bond donors (Lipinski definition) is 1. The van der Waals surface area contributed by atoms with Crippen LogP contribution in [0.1, 0.15) is 0 Å². The minimum atomic E-state index is 0.271. The van der Waals surface area contributed by atoms with Crippen molar-refractivity contribution in [2.45, 2.75) is 0 Å². The zero-order valence-electron chi connectivity index (χ0n) is 11.4. The van der Waals surface area contributed by atoms with Gasteiger partial charge in [0.05, 0.1) is 24.9 Å². The molecule has 0 spiro atoms. The van der Waals surface area contributed by atoms with Crippen molar-refractivity contribution in [2.75, 3.05) is 20.0 Å². The van der Waals surface area contributed by atoms with Gasteiger partial charge in [0.25, 0.3) is 0 Å². The van der Waals surface area contributed by atoms with Crippen molar-refractivity contribution in [1.29, 1.82) is 0 Å². The van der Waals surface area contributed by atoms with E-state index < -0.39 is 0 Å². The van der Waals surface area contributed by atoms with Crippen LogP contribution in [0.3, 0.4) is 0 Å². The van der Waals surface area contributed by atoms with Crippen LogP contribution in [0.5, 0.6) is 11.6 Å². The Kier molecular flexibility index (Phi) is 3.26. The second-order valence-corrected chi connectivity index (χ2v) is 4.59. The molecule has 3 aromatic rings. The maximum absolute atomic E-state index is 6.04. The van der Waals surface area contributed by atoms with E-state index >= 15 is 0 Å². The van der Waals surface area contributed by atoms with Crippen molar-refractivity contribution < 1.29 is 9.47 Å². The third-order valence-electron chi connectivity index (χ3n) is 3.02. The average Bonchev–Trinajstić information content (AvgIpc) is 2.83. The van der Waals surface area contributed by atoms with Crippen LogP contribution < -0.4 is 15.2 Å². The lowest BCUT2D eigenvalue weighted by Crippen LogP contribution is -2.02. The molecule has 0 bridgehead atoms.